The molecule has 0 bridgehead atoms. The van der Waals surface area contributed by atoms with Crippen LogP contribution in [-0.4, -0.2) is 41.6 Å². The SMILES string of the molecule is CC(C)(C)OC(=O)N1CCC[C@H](NC(=O)c2sc(-c3cccc(F)c3)cc2N)C1. The van der Waals surface area contributed by atoms with Gasteiger partial charge in [-0.1, -0.05) is 12.1 Å². The highest BCUT2D eigenvalue weighted by Gasteiger charge is 2.29. The molecule has 1 aromatic heterocycles. The smallest absolute Gasteiger partial charge is 0.410 e. The van der Waals surface area contributed by atoms with Crippen molar-refractivity contribution in [3.8, 4) is 10.4 Å². The monoisotopic (exact) mass is 419 g/mol. The van der Waals surface area contributed by atoms with Gasteiger partial charge in [-0.15, -0.1) is 11.3 Å². The third-order valence-corrected chi connectivity index (χ3v) is 5.68. The molecule has 1 aliphatic rings. The van der Waals surface area contributed by atoms with Crippen LogP contribution in [0.4, 0.5) is 14.9 Å². The van der Waals surface area contributed by atoms with Crippen LogP contribution in [0.1, 0.15) is 43.3 Å². The van der Waals surface area contributed by atoms with Crippen molar-refractivity contribution in [2.24, 2.45) is 0 Å². The molecule has 0 unspecified atom stereocenters. The maximum absolute atomic E-state index is 13.5. The van der Waals surface area contributed by atoms with Gasteiger partial charge >= 0.3 is 6.09 Å². The lowest BCUT2D eigenvalue weighted by atomic mass is 10.1. The van der Waals surface area contributed by atoms with Gasteiger partial charge in [0.25, 0.3) is 5.91 Å². The van der Waals surface area contributed by atoms with Crippen LogP contribution in [0.2, 0.25) is 0 Å². The van der Waals surface area contributed by atoms with E-state index in [0.717, 1.165) is 17.7 Å². The van der Waals surface area contributed by atoms with Crippen molar-refractivity contribution < 1.29 is 18.7 Å². The van der Waals surface area contributed by atoms with E-state index in [9.17, 15) is 14.0 Å². The molecule has 156 valence electrons. The number of nitrogens with two attached hydrogens (primary N) is 1. The number of carbonyl (C=O) groups excluding carboxylic acids is 2. The molecular weight excluding hydrogens is 393 g/mol. The summed E-state index contributed by atoms with van der Waals surface area (Å²) in [6, 6.07) is 7.68. The molecule has 29 heavy (non-hydrogen) atoms. The maximum Gasteiger partial charge on any atom is 0.410 e. The zero-order valence-electron chi connectivity index (χ0n) is 16.8. The zero-order valence-corrected chi connectivity index (χ0v) is 17.6. The second-order valence-electron chi connectivity index (χ2n) is 8.14. The molecule has 2 amide bonds. The van der Waals surface area contributed by atoms with Crippen LogP contribution in [0, 0.1) is 5.82 Å². The Morgan fingerprint density at radius 3 is 2.76 bits per heavy atom. The van der Waals surface area contributed by atoms with Gasteiger partial charge in [-0.25, -0.2) is 9.18 Å². The Hall–Kier alpha value is -2.61. The fourth-order valence-corrected chi connectivity index (χ4v) is 4.18. The molecule has 1 saturated heterocycles. The summed E-state index contributed by atoms with van der Waals surface area (Å²) < 4.78 is 18.9. The standard InChI is InChI=1S/C21H26FN3O3S/c1-21(2,3)28-20(27)25-9-5-8-15(12-25)24-19(26)18-16(23)11-17(29-18)13-6-4-7-14(22)10-13/h4,6-7,10-11,15H,5,8-9,12,23H2,1-3H3,(H,24,26)/t15-/m0/s1. The minimum absolute atomic E-state index is 0.178. The van der Waals surface area contributed by atoms with Crippen molar-refractivity contribution in [1.29, 1.82) is 0 Å². The van der Waals surface area contributed by atoms with Crippen molar-refractivity contribution in [3.05, 3.63) is 41.0 Å². The molecule has 0 radical (unpaired) electrons. The van der Waals surface area contributed by atoms with Crippen LogP contribution in [0.3, 0.4) is 0 Å². The number of anilines is 1. The van der Waals surface area contributed by atoms with E-state index in [2.05, 4.69) is 5.32 Å². The average Bonchev–Trinajstić information content (AvgIpc) is 3.02. The summed E-state index contributed by atoms with van der Waals surface area (Å²) in [5.74, 6) is -0.629. The number of ether oxygens (including phenoxy) is 1. The molecule has 3 N–H and O–H groups in total. The highest BCUT2D eigenvalue weighted by atomic mass is 32.1. The van der Waals surface area contributed by atoms with Crippen molar-refractivity contribution in [3.63, 3.8) is 0 Å². The van der Waals surface area contributed by atoms with Crippen LogP contribution in [0.15, 0.2) is 30.3 Å². The van der Waals surface area contributed by atoms with Crippen molar-refractivity contribution in [2.75, 3.05) is 18.8 Å². The lowest BCUT2D eigenvalue weighted by Gasteiger charge is -2.34. The number of likely N-dealkylation sites (tertiary alicyclic amines) is 1. The first-order valence-corrected chi connectivity index (χ1v) is 10.4. The topological polar surface area (TPSA) is 84.7 Å². The summed E-state index contributed by atoms with van der Waals surface area (Å²) in [7, 11) is 0. The molecule has 2 heterocycles. The van der Waals surface area contributed by atoms with E-state index < -0.39 is 5.60 Å². The van der Waals surface area contributed by atoms with E-state index in [4.69, 9.17) is 10.5 Å². The Morgan fingerprint density at radius 1 is 1.31 bits per heavy atom. The highest BCUT2D eigenvalue weighted by Crippen LogP contribution is 2.33. The maximum atomic E-state index is 13.5. The quantitative estimate of drug-likeness (QED) is 0.778. The Kier molecular flexibility index (Phi) is 6.12. The second-order valence-corrected chi connectivity index (χ2v) is 9.20. The molecule has 0 saturated carbocycles. The number of nitrogens with zero attached hydrogens (tertiary/aromatic N) is 1. The normalized spacial score (nSPS) is 17.1. The van der Waals surface area contributed by atoms with Crippen molar-refractivity contribution in [2.45, 2.75) is 45.3 Å². The molecule has 0 spiro atoms. The fraction of sp³-hybridized carbons (Fsp3) is 0.429. The van der Waals surface area contributed by atoms with Gasteiger partial charge in [0, 0.05) is 24.0 Å². The molecule has 8 heteroatoms. The number of nitrogen functional groups attached to an aromatic ring is 1. The van der Waals surface area contributed by atoms with E-state index in [1.165, 1.54) is 23.5 Å². The highest BCUT2D eigenvalue weighted by molar-refractivity contribution is 7.18. The molecule has 1 aromatic carbocycles. The van der Waals surface area contributed by atoms with E-state index >= 15 is 0 Å². The Balaban J connectivity index is 1.66. The van der Waals surface area contributed by atoms with Gasteiger partial charge in [-0.2, -0.15) is 0 Å². The Bertz CT molecular complexity index is 907. The first kappa shape index (κ1) is 21.1. The summed E-state index contributed by atoms with van der Waals surface area (Å²) in [6.45, 7) is 6.46. The van der Waals surface area contributed by atoms with E-state index in [1.54, 1.807) is 23.1 Å². The number of rotatable bonds is 3. The van der Waals surface area contributed by atoms with Gasteiger partial charge in [-0.05, 0) is 57.4 Å². The van der Waals surface area contributed by atoms with E-state index in [1.807, 2.05) is 20.8 Å². The lowest BCUT2D eigenvalue weighted by molar-refractivity contribution is 0.0186. The number of piperidine rings is 1. The Labute approximate surface area is 173 Å². The second kappa shape index (κ2) is 8.41. The number of halogens is 1. The summed E-state index contributed by atoms with van der Waals surface area (Å²) in [6.07, 6.45) is 1.17. The summed E-state index contributed by atoms with van der Waals surface area (Å²) in [4.78, 5) is 27.8. The minimum atomic E-state index is -0.563. The predicted molar refractivity (Wildman–Crippen MR) is 112 cm³/mol. The predicted octanol–water partition coefficient (Wildman–Crippen LogP) is 4.27. The number of hydrogen-bond donors (Lipinski definition) is 2. The summed E-state index contributed by atoms with van der Waals surface area (Å²) in [5, 5.41) is 2.97. The molecule has 1 aliphatic heterocycles. The fourth-order valence-electron chi connectivity index (χ4n) is 3.20. The van der Waals surface area contributed by atoms with Crippen molar-refractivity contribution >= 4 is 29.0 Å². The molecule has 6 nitrogen and oxygen atoms in total. The Morgan fingerprint density at radius 2 is 2.07 bits per heavy atom. The average molecular weight is 420 g/mol. The van der Waals surface area contributed by atoms with Crippen LogP contribution < -0.4 is 11.1 Å². The largest absolute Gasteiger partial charge is 0.444 e. The lowest BCUT2D eigenvalue weighted by Crippen LogP contribution is -2.50. The third-order valence-electron chi connectivity index (χ3n) is 4.48. The molecular formula is C21H26FN3O3S. The van der Waals surface area contributed by atoms with Crippen LogP contribution >= 0.6 is 11.3 Å². The number of benzene rings is 1. The van der Waals surface area contributed by atoms with Crippen molar-refractivity contribution in [1.82, 2.24) is 10.2 Å². The first-order chi connectivity index (χ1) is 13.6. The van der Waals surface area contributed by atoms with Gasteiger partial charge in [-0.3, -0.25) is 4.79 Å². The van der Waals surface area contributed by atoms with E-state index in [0.29, 0.717) is 29.2 Å². The summed E-state index contributed by atoms with van der Waals surface area (Å²) >= 11 is 1.22. The van der Waals surface area contributed by atoms with Gasteiger partial charge in [0.15, 0.2) is 0 Å². The van der Waals surface area contributed by atoms with Gasteiger partial charge in [0.05, 0.1) is 5.69 Å². The molecule has 3 rings (SSSR count). The zero-order chi connectivity index (χ0) is 21.2. The van der Waals surface area contributed by atoms with Crippen LogP contribution in [0.25, 0.3) is 10.4 Å². The minimum Gasteiger partial charge on any atom is -0.444 e. The summed E-state index contributed by atoms with van der Waals surface area (Å²) in [5.41, 5.74) is 6.50. The molecule has 2 aromatic rings. The molecule has 1 fully saturated rings. The molecule has 0 aliphatic carbocycles. The molecule has 1 atom stereocenters. The van der Waals surface area contributed by atoms with Gasteiger partial charge in [0.2, 0.25) is 0 Å². The number of amides is 2. The third kappa shape index (κ3) is 5.47. The van der Waals surface area contributed by atoms with Crippen LogP contribution in [-0.2, 0) is 4.74 Å². The van der Waals surface area contributed by atoms with Crippen LogP contribution in [0.5, 0.6) is 0 Å². The van der Waals surface area contributed by atoms with Gasteiger partial charge in [0.1, 0.15) is 16.3 Å². The number of carbonyl (C=O) groups is 2. The number of thiophene rings is 1. The number of nitrogens with one attached hydrogen (secondary N) is 1. The van der Waals surface area contributed by atoms with Gasteiger partial charge < -0.3 is 20.7 Å². The number of hydrogen-bond acceptors (Lipinski definition) is 5. The van der Waals surface area contributed by atoms with E-state index in [-0.39, 0.29) is 23.9 Å². The first-order valence-electron chi connectivity index (χ1n) is 9.56.